The van der Waals surface area contributed by atoms with Gasteiger partial charge >= 0.3 is 0 Å². The molecule has 1 saturated heterocycles. The standard InChI is InChI=1S/C18H17Cl4N3O2/c19-13-14(20)16(23-17(22)15(13)21)18(26)25(12-4-2-1-3-5-12)7-6-24-8-10-27-11-9-24/h1-5H,6-11H2. The molecule has 0 aliphatic carbocycles. The predicted molar refractivity (Wildman–Crippen MR) is 110 cm³/mol. The average Bonchev–Trinajstić information content (AvgIpc) is 2.70. The SMILES string of the molecule is O=C(c1nc(Cl)c(Cl)c(Cl)c1Cl)N(CCN1CCOCC1)c1ccccc1. The van der Waals surface area contributed by atoms with Crippen molar-refractivity contribution in [2.45, 2.75) is 0 Å². The number of halogens is 4. The molecule has 0 spiro atoms. The molecule has 0 radical (unpaired) electrons. The van der Waals surface area contributed by atoms with Crippen LogP contribution in [-0.2, 0) is 4.74 Å². The number of benzene rings is 1. The molecule has 1 aromatic carbocycles. The molecule has 27 heavy (non-hydrogen) atoms. The maximum absolute atomic E-state index is 13.2. The van der Waals surface area contributed by atoms with Gasteiger partial charge in [0, 0.05) is 31.9 Å². The Bertz CT molecular complexity index is 814. The molecule has 0 N–H and O–H groups in total. The minimum Gasteiger partial charge on any atom is -0.379 e. The minimum absolute atomic E-state index is 0.0108. The number of carbonyl (C=O) groups is 1. The first-order chi connectivity index (χ1) is 13.0. The summed E-state index contributed by atoms with van der Waals surface area (Å²) in [6, 6.07) is 9.31. The van der Waals surface area contributed by atoms with Gasteiger partial charge in [-0.15, -0.1) is 0 Å². The molecule has 5 nitrogen and oxygen atoms in total. The molecular formula is C18H17Cl4N3O2. The number of carbonyl (C=O) groups excluding carboxylic acids is 1. The molecule has 3 rings (SSSR count). The third-order valence-corrected chi connectivity index (χ3v) is 5.92. The van der Waals surface area contributed by atoms with E-state index in [-0.39, 0.29) is 31.8 Å². The van der Waals surface area contributed by atoms with Crippen LogP contribution in [0.15, 0.2) is 30.3 Å². The second kappa shape index (κ2) is 9.41. The van der Waals surface area contributed by atoms with Crippen LogP contribution in [-0.4, -0.2) is 55.2 Å². The second-order valence-corrected chi connectivity index (χ2v) is 7.43. The lowest BCUT2D eigenvalue weighted by Gasteiger charge is -2.30. The van der Waals surface area contributed by atoms with Gasteiger partial charge in [0.05, 0.1) is 28.3 Å². The van der Waals surface area contributed by atoms with Crippen LogP contribution in [0.2, 0.25) is 20.2 Å². The second-order valence-electron chi connectivity index (χ2n) is 5.94. The molecule has 1 fully saturated rings. The van der Waals surface area contributed by atoms with Crippen LogP contribution in [0, 0.1) is 0 Å². The lowest BCUT2D eigenvalue weighted by Crippen LogP contribution is -2.43. The largest absolute Gasteiger partial charge is 0.379 e. The molecular weight excluding hydrogens is 432 g/mol. The quantitative estimate of drug-likeness (QED) is 0.623. The molecule has 2 aromatic rings. The highest BCUT2D eigenvalue weighted by Crippen LogP contribution is 2.36. The van der Waals surface area contributed by atoms with Crippen molar-refractivity contribution >= 4 is 58.0 Å². The van der Waals surface area contributed by atoms with Crippen molar-refractivity contribution in [1.29, 1.82) is 0 Å². The van der Waals surface area contributed by atoms with Crippen LogP contribution in [0.1, 0.15) is 10.5 Å². The summed E-state index contributed by atoms with van der Waals surface area (Å²) in [6.07, 6.45) is 0. The number of morpholine rings is 1. The van der Waals surface area contributed by atoms with Crippen molar-refractivity contribution in [3.05, 3.63) is 56.2 Å². The van der Waals surface area contributed by atoms with Gasteiger partial charge in [0.2, 0.25) is 0 Å². The van der Waals surface area contributed by atoms with E-state index in [2.05, 4.69) is 9.88 Å². The van der Waals surface area contributed by atoms with E-state index in [9.17, 15) is 4.79 Å². The highest BCUT2D eigenvalue weighted by Gasteiger charge is 2.26. The van der Waals surface area contributed by atoms with Crippen LogP contribution < -0.4 is 4.90 Å². The van der Waals surface area contributed by atoms with E-state index in [1.807, 2.05) is 30.3 Å². The van der Waals surface area contributed by atoms with Crippen molar-refractivity contribution < 1.29 is 9.53 Å². The van der Waals surface area contributed by atoms with Crippen LogP contribution >= 0.6 is 46.4 Å². The van der Waals surface area contributed by atoms with E-state index in [1.165, 1.54) is 0 Å². The zero-order valence-electron chi connectivity index (χ0n) is 14.3. The van der Waals surface area contributed by atoms with E-state index >= 15 is 0 Å². The summed E-state index contributed by atoms with van der Waals surface area (Å²) in [5.74, 6) is -0.389. The number of hydrogen-bond acceptors (Lipinski definition) is 4. The molecule has 2 heterocycles. The van der Waals surface area contributed by atoms with Gasteiger partial charge in [0.15, 0.2) is 5.69 Å². The monoisotopic (exact) mass is 447 g/mol. The fourth-order valence-electron chi connectivity index (χ4n) is 2.78. The van der Waals surface area contributed by atoms with Crippen molar-refractivity contribution in [3.63, 3.8) is 0 Å². The predicted octanol–water partition coefficient (Wildman–Crippen LogP) is 4.67. The molecule has 0 bridgehead atoms. The summed E-state index contributed by atoms with van der Waals surface area (Å²) in [6.45, 7) is 4.18. The van der Waals surface area contributed by atoms with Gasteiger partial charge in [0.1, 0.15) is 5.15 Å². The van der Waals surface area contributed by atoms with Crippen molar-refractivity contribution in [3.8, 4) is 0 Å². The Balaban J connectivity index is 1.89. The molecule has 9 heteroatoms. The van der Waals surface area contributed by atoms with Crippen LogP contribution in [0.25, 0.3) is 0 Å². The van der Waals surface area contributed by atoms with Crippen molar-refractivity contribution in [2.24, 2.45) is 0 Å². The summed E-state index contributed by atoms with van der Waals surface area (Å²) in [5, 5.41) is -0.0266. The zero-order valence-corrected chi connectivity index (χ0v) is 17.3. The summed E-state index contributed by atoms with van der Waals surface area (Å²) in [5.41, 5.74) is 0.706. The normalized spacial score (nSPS) is 15.0. The fraction of sp³-hybridized carbons (Fsp3) is 0.333. The Morgan fingerprint density at radius 3 is 2.37 bits per heavy atom. The summed E-state index contributed by atoms with van der Waals surface area (Å²) in [7, 11) is 0. The highest BCUT2D eigenvalue weighted by atomic mass is 35.5. The highest BCUT2D eigenvalue weighted by molar-refractivity contribution is 6.52. The molecule has 0 atom stereocenters. The number of para-hydroxylation sites is 1. The minimum atomic E-state index is -0.389. The smallest absolute Gasteiger partial charge is 0.278 e. The van der Waals surface area contributed by atoms with E-state index in [0.29, 0.717) is 26.3 Å². The number of ether oxygens (including phenoxy) is 1. The topological polar surface area (TPSA) is 45.7 Å². The third kappa shape index (κ3) is 4.86. The van der Waals surface area contributed by atoms with Gasteiger partial charge in [0.25, 0.3) is 5.91 Å². The summed E-state index contributed by atoms with van der Waals surface area (Å²) < 4.78 is 5.37. The molecule has 0 saturated carbocycles. The number of nitrogens with zero attached hydrogens (tertiary/aromatic N) is 3. The molecule has 1 aromatic heterocycles. The van der Waals surface area contributed by atoms with Gasteiger partial charge in [-0.1, -0.05) is 64.6 Å². The van der Waals surface area contributed by atoms with Crippen LogP contribution in [0.3, 0.4) is 0 Å². The average molecular weight is 449 g/mol. The summed E-state index contributed by atoms with van der Waals surface area (Å²) in [4.78, 5) is 21.2. The number of rotatable bonds is 5. The van der Waals surface area contributed by atoms with Gasteiger partial charge in [-0.25, -0.2) is 4.98 Å². The number of amides is 1. The lowest BCUT2D eigenvalue weighted by molar-refractivity contribution is 0.0391. The Labute approximate surface area is 177 Å². The number of anilines is 1. The number of hydrogen-bond donors (Lipinski definition) is 0. The van der Waals surface area contributed by atoms with Crippen LogP contribution in [0.4, 0.5) is 5.69 Å². The fourth-order valence-corrected chi connectivity index (χ4v) is 3.59. The van der Waals surface area contributed by atoms with E-state index < -0.39 is 0 Å². The molecule has 144 valence electrons. The van der Waals surface area contributed by atoms with E-state index in [4.69, 9.17) is 51.1 Å². The zero-order chi connectivity index (χ0) is 19.4. The van der Waals surface area contributed by atoms with Gasteiger partial charge in [-0.3, -0.25) is 9.69 Å². The maximum atomic E-state index is 13.2. The molecule has 0 unspecified atom stereocenters. The van der Waals surface area contributed by atoms with Crippen molar-refractivity contribution in [1.82, 2.24) is 9.88 Å². The van der Waals surface area contributed by atoms with Gasteiger partial charge in [-0.05, 0) is 12.1 Å². The first kappa shape index (κ1) is 20.6. The third-order valence-electron chi connectivity index (χ3n) is 4.24. The Morgan fingerprint density at radius 1 is 1.04 bits per heavy atom. The van der Waals surface area contributed by atoms with E-state index in [0.717, 1.165) is 18.8 Å². The summed E-state index contributed by atoms with van der Waals surface area (Å²) >= 11 is 24.3. The first-order valence-electron chi connectivity index (χ1n) is 8.36. The Hall–Kier alpha value is -1.08. The number of aromatic nitrogens is 1. The molecule has 1 amide bonds. The van der Waals surface area contributed by atoms with Gasteiger partial charge < -0.3 is 9.64 Å². The first-order valence-corrected chi connectivity index (χ1v) is 9.87. The molecule has 1 aliphatic heterocycles. The van der Waals surface area contributed by atoms with Gasteiger partial charge in [-0.2, -0.15) is 0 Å². The number of pyridine rings is 1. The Morgan fingerprint density at radius 2 is 1.70 bits per heavy atom. The van der Waals surface area contributed by atoms with Crippen molar-refractivity contribution in [2.75, 3.05) is 44.3 Å². The van der Waals surface area contributed by atoms with E-state index in [1.54, 1.807) is 4.90 Å². The lowest BCUT2D eigenvalue weighted by atomic mass is 10.2. The Kier molecular flexibility index (Phi) is 7.20. The molecule has 1 aliphatic rings. The van der Waals surface area contributed by atoms with Crippen LogP contribution in [0.5, 0.6) is 0 Å². The maximum Gasteiger partial charge on any atom is 0.278 e.